The van der Waals surface area contributed by atoms with Crippen LogP contribution in [-0.2, 0) is 29.7 Å². The Morgan fingerprint density at radius 3 is 2.52 bits per heavy atom. The first-order valence-corrected chi connectivity index (χ1v) is 14.8. The molecule has 40 heavy (non-hydrogen) atoms. The molecule has 2 aliphatic heterocycles. The first kappa shape index (κ1) is 28.2. The minimum atomic E-state index is -3.80. The van der Waals surface area contributed by atoms with Gasteiger partial charge in [0.05, 0.1) is 30.0 Å². The second-order valence-electron chi connectivity index (χ2n) is 11.2. The van der Waals surface area contributed by atoms with Crippen molar-refractivity contribution in [1.82, 2.24) is 20.5 Å². The molecule has 1 unspecified atom stereocenters. The third kappa shape index (κ3) is 5.76. The van der Waals surface area contributed by atoms with Crippen molar-refractivity contribution in [1.29, 1.82) is 0 Å². The molecular weight excluding hydrogens is 531 g/mol. The maximum Gasteiger partial charge on any atom is 0.360 e. The Balaban J connectivity index is 1.45. The SMILES string of the molecule is CC1=C(C(=O)OCCN(C)Cc2ccccc2)C(c2cccc3nonc23)C(P2(=O)OCC(C)(C)CO2)=C(C)N1. The number of dihydropyridines is 1. The standard InChI is InChI=1S/C29H35N4O6P/c1-19-24(28(34)36-15-14-33(5)16-21-10-7-6-8-11-21)25(22-12-9-13-23-26(22)32-39-31-23)27(20(2)30-19)40(35)37-17-29(3,4)18-38-40/h6-13,25,30H,14-18H2,1-5H3. The highest BCUT2D eigenvalue weighted by atomic mass is 31.2. The van der Waals surface area contributed by atoms with Gasteiger partial charge in [0, 0.05) is 29.9 Å². The number of benzene rings is 2. The quantitative estimate of drug-likeness (QED) is 0.282. The van der Waals surface area contributed by atoms with Gasteiger partial charge in [-0.05, 0) is 48.4 Å². The van der Waals surface area contributed by atoms with E-state index in [1.807, 2.05) is 45.2 Å². The molecule has 0 radical (unpaired) electrons. The van der Waals surface area contributed by atoms with Crippen LogP contribution in [0.25, 0.3) is 11.0 Å². The minimum absolute atomic E-state index is 0.179. The van der Waals surface area contributed by atoms with Gasteiger partial charge in [-0.1, -0.05) is 56.3 Å². The van der Waals surface area contributed by atoms with Crippen molar-refractivity contribution in [3.8, 4) is 0 Å². The first-order valence-electron chi connectivity index (χ1n) is 13.3. The molecule has 1 atom stereocenters. The van der Waals surface area contributed by atoms with Crippen molar-refractivity contribution in [2.75, 3.05) is 33.4 Å². The lowest BCUT2D eigenvalue weighted by Gasteiger charge is -2.39. The molecule has 0 saturated carbocycles. The normalized spacial score (nSPS) is 20.6. The Labute approximate surface area is 233 Å². The van der Waals surface area contributed by atoms with Crippen LogP contribution in [0.5, 0.6) is 0 Å². The summed E-state index contributed by atoms with van der Waals surface area (Å²) in [5.41, 5.74) is 3.96. The van der Waals surface area contributed by atoms with Crippen molar-refractivity contribution in [2.24, 2.45) is 5.41 Å². The van der Waals surface area contributed by atoms with Gasteiger partial charge in [0.25, 0.3) is 0 Å². The molecule has 0 bridgehead atoms. The van der Waals surface area contributed by atoms with E-state index in [1.54, 1.807) is 26.0 Å². The molecule has 0 aliphatic carbocycles. The van der Waals surface area contributed by atoms with E-state index in [0.717, 1.165) is 6.54 Å². The topological polar surface area (TPSA) is 116 Å². The summed E-state index contributed by atoms with van der Waals surface area (Å²) in [5, 5.41) is 11.7. The van der Waals surface area contributed by atoms with Crippen LogP contribution in [0.3, 0.4) is 0 Å². The van der Waals surface area contributed by atoms with E-state index in [9.17, 15) is 9.36 Å². The molecule has 212 valence electrons. The van der Waals surface area contributed by atoms with Gasteiger partial charge in [0.15, 0.2) is 0 Å². The number of nitrogens with zero attached hydrogens (tertiary/aromatic N) is 3. The summed E-state index contributed by atoms with van der Waals surface area (Å²) in [6.45, 7) is 9.52. The fraction of sp³-hybridized carbons (Fsp3) is 0.414. The van der Waals surface area contributed by atoms with Crippen molar-refractivity contribution in [3.63, 3.8) is 0 Å². The van der Waals surface area contributed by atoms with E-state index in [2.05, 4.69) is 32.7 Å². The van der Waals surface area contributed by atoms with Gasteiger partial charge in [0.1, 0.15) is 17.6 Å². The van der Waals surface area contributed by atoms with E-state index in [1.165, 1.54) is 5.56 Å². The van der Waals surface area contributed by atoms with Crippen LogP contribution in [0.4, 0.5) is 0 Å². The Hall–Kier alpha value is -3.30. The molecule has 1 saturated heterocycles. The van der Waals surface area contributed by atoms with Crippen LogP contribution in [-0.4, -0.2) is 54.6 Å². The van der Waals surface area contributed by atoms with E-state index < -0.39 is 19.5 Å². The average molecular weight is 567 g/mol. The Morgan fingerprint density at radius 2 is 1.80 bits per heavy atom. The molecule has 11 heteroatoms. The smallest absolute Gasteiger partial charge is 0.360 e. The second-order valence-corrected chi connectivity index (χ2v) is 13.1. The van der Waals surface area contributed by atoms with E-state index in [4.69, 9.17) is 18.4 Å². The summed E-state index contributed by atoms with van der Waals surface area (Å²) < 4.78 is 37.1. The van der Waals surface area contributed by atoms with E-state index in [0.29, 0.717) is 45.4 Å². The van der Waals surface area contributed by atoms with Gasteiger partial charge in [-0.25, -0.2) is 9.42 Å². The van der Waals surface area contributed by atoms with Crippen LogP contribution in [0, 0.1) is 5.41 Å². The van der Waals surface area contributed by atoms with Gasteiger partial charge in [-0.2, -0.15) is 0 Å². The fourth-order valence-electron chi connectivity index (χ4n) is 5.06. The molecule has 0 amide bonds. The fourth-order valence-corrected chi connectivity index (χ4v) is 7.51. The lowest BCUT2D eigenvalue weighted by atomic mass is 9.85. The van der Waals surface area contributed by atoms with Gasteiger partial charge < -0.3 is 19.1 Å². The zero-order chi connectivity index (χ0) is 28.5. The number of rotatable bonds is 8. The maximum absolute atomic E-state index is 14.3. The summed E-state index contributed by atoms with van der Waals surface area (Å²) in [6, 6.07) is 15.5. The second kappa shape index (κ2) is 11.3. The number of carbonyl (C=O) groups is 1. The van der Waals surface area contributed by atoms with Crippen molar-refractivity contribution < 1.29 is 27.8 Å². The highest BCUT2D eigenvalue weighted by molar-refractivity contribution is 7.58. The highest BCUT2D eigenvalue weighted by Crippen LogP contribution is 2.66. The van der Waals surface area contributed by atoms with Crippen LogP contribution in [0.1, 0.15) is 44.7 Å². The van der Waals surface area contributed by atoms with Gasteiger partial charge >= 0.3 is 13.6 Å². The Morgan fingerprint density at radius 1 is 1.07 bits per heavy atom. The number of nitrogens with one attached hydrogen (secondary N) is 1. The summed E-state index contributed by atoms with van der Waals surface area (Å²) in [7, 11) is -1.83. The van der Waals surface area contributed by atoms with Gasteiger partial charge in [-0.15, -0.1) is 0 Å². The van der Waals surface area contributed by atoms with Crippen LogP contribution in [0.2, 0.25) is 0 Å². The molecule has 1 aromatic heterocycles. The Bertz CT molecular complexity index is 1500. The molecular formula is C29H35N4O6P. The zero-order valence-electron chi connectivity index (χ0n) is 23.5. The Kier molecular flexibility index (Phi) is 7.97. The molecule has 10 nitrogen and oxygen atoms in total. The van der Waals surface area contributed by atoms with Gasteiger partial charge in [0.2, 0.25) is 0 Å². The number of fused-ring (bicyclic) bond motifs is 1. The van der Waals surface area contributed by atoms with Crippen LogP contribution in [0.15, 0.2) is 75.4 Å². The number of carbonyl (C=O) groups excluding carboxylic acids is 1. The molecule has 3 heterocycles. The first-order chi connectivity index (χ1) is 19.1. The lowest BCUT2D eigenvalue weighted by Crippen LogP contribution is -2.34. The highest BCUT2D eigenvalue weighted by Gasteiger charge is 2.48. The van der Waals surface area contributed by atoms with E-state index >= 15 is 0 Å². The summed E-state index contributed by atoms with van der Waals surface area (Å²) in [6.07, 6.45) is 0. The van der Waals surface area contributed by atoms with Crippen molar-refractivity contribution >= 4 is 24.6 Å². The number of likely N-dealkylation sites (N-methyl/N-ethyl adjacent to an activating group) is 1. The average Bonchev–Trinajstić information content (AvgIpc) is 3.40. The maximum atomic E-state index is 14.3. The van der Waals surface area contributed by atoms with Crippen LogP contribution >= 0.6 is 7.60 Å². The molecule has 5 rings (SSSR count). The predicted octanol–water partition coefficient (Wildman–Crippen LogP) is 5.36. The number of aromatic nitrogens is 2. The number of hydrogen-bond acceptors (Lipinski definition) is 10. The van der Waals surface area contributed by atoms with Crippen molar-refractivity contribution in [3.05, 3.63) is 81.9 Å². The predicted molar refractivity (Wildman–Crippen MR) is 150 cm³/mol. The number of allylic oxidation sites excluding steroid dienone is 3. The number of ether oxygens (including phenoxy) is 1. The summed E-state index contributed by atoms with van der Waals surface area (Å²) >= 11 is 0. The molecule has 1 N–H and O–H groups in total. The van der Waals surface area contributed by atoms with Gasteiger partial charge in [-0.3, -0.25) is 9.46 Å². The largest absolute Gasteiger partial charge is 0.461 e. The number of hydrogen-bond donors (Lipinski definition) is 1. The van der Waals surface area contributed by atoms with E-state index in [-0.39, 0.29) is 25.2 Å². The molecule has 2 aromatic carbocycles. The third-order valence-electron chi connectivity index (χ3n) is 7.12. The molecule has 0 spiro atoms. The minimum Gasteiger partial charge on any atom is -0.461 e. The molecule has 2 aliphatic rings. The summed E-state index contributed by atoms with van der Waals surface area (Å²) in [5.74, 6) is -1.33. The summed E-state index contributed by atoms with van der Waals surface area (Å²) in [4.78, 5) is 15.8. The van der Waals surface area contributed by atoms with Crippen LogP contribution < -0.4 is 5.32 Å². The molecule has 3 aromatic rings. The lowest BCUT2D eigenvalue weighted by molar-refractivity contribution is -0.139. The van der Waals surface area contributed by atoms with Crippen molar-refractivity contribution in [2.45, 2.75) is 40.2 Å². The third-order valence-corrected chi connectivity index (χ3v) is 9.24. The molecule has 1 fully saturated rings. The monoisotopic (exact) mass is 566 g/mol. The zero-order valence-corrected chi connectivity index (χ0v) is 24.4. The number of esters is 1.